The second-order valence-corrected chi connectivity index (χ2v) is 5.38. The Balaban J connectivity index is 5.77. The molecule has 26 heavy (non-hydrogen) atoms. The quantitative estimate of drug-likeness (QED) is 0.549. The van der Waals surface area contributed by atoms with Gasteiger partial charge in [-0.1, -0.05) is 13.8 Å². The van der Waals surface area contributed by atoms with Crippen LogP contribution in [0.3, 0.4) is 0 Å². The van der Waals surface area contributed by atoms with Crippen molar-refractivity contribution in [3.05, 3.63) is 0 Å². The van der Waals surface area contributed by atoms with Gasteiger partial charge in [0, 0.05) is 5.92 Å². The third kappa shape index (κ3) is 3.82. The molecule has 1 atom stereocenters. The molecule has 1 unspecified atom stereocenters. The summed E-state index contributed by atoms with van der Waals surface area (Å²) in [6.45, 7) is -0.134. The molecule has 0 rings (SSSR count). The van der Waals surface area contributed by atoms with Crippen molar-refractivity contribution in [2.45, 2.75) is 56.3 Å². The molecule has 0 fully saturated rings. The Morgan fingerprint density at radius 2 is 1.27 bits per heavy atom. The highest BCUT2D eigenvalue weighted by molar-refractivity contribution is 5.78. The number of hydrogen-bond acceptors (Lipinski definition) is 1. The predicted octanol–water partition coefficient (Wildman–Crippen LogP) is 4.59. The average molecular weight is 415 g/mol. The second kappa shape index (κ2) is 7.33. The number of hydrogen-bond donors (Lipinski definition) is 1. The van der Waals surface area contributed by atoms with Crippen molar-refractivity contribution in [1.82, 2.24) is 5.32 Å². The highest BCUT2D eigenvalue weighted by atomic mass is 19.4. The monoisotopic (exact) mass is 415 g/mol. The molecule has 156 valence electrons. The first-order valence-corrected chi connectivity index (χ1v) is 6.76. The Morgan fingerprint density at radius 3 is 1.62 bits per heavy atom. The molecule has 0 aliphatic heterocycles. The largest absolute Gasteiger partial charge is 0.384 e. The highest BCUT2D eigenvalue weighted by Gasteiger charge is 2.87. The van der Waals surface area contributed by atoms with Crippen LogP contribution in [0.25, 0.3) is 0 Å². The molecule has 14 heteroatoms. The number of carbonyl (C=O) groups is 1. The molecule has 2 nitrogen and oxygen atoms in total. The summed E-state index contributed by atoms with van der Waals surface area (Å²) in [6, 6.07) is 0. The van der Waals surface area contributed by atoms with E-state index in [1.807, 2.05) is 0 Å². The minimum atomic E-state index is -7.58. The van der Waals surface area contributed by atoms with E-state index >= 15 is 0 Å². The molecule has 0 heterocycles. The molecule has 0 radical (unpaired) electrons. The SMILES string of the molecule is CCC(C)C(=O)NCC(F)(F)C(F)(F)C(F)(F)C(F)(F)C(F)(F)C(F)F. The Morgan fingerprint density at radius 1 is 0.846 bits per heavy atom. The lowest BCUT2D eigenvalue weighted by molar-refractivity contribution is -0.411. The zero-order chi connectivity index (χ0) is 21.4. The lowest BCUT2D eigenvalue weighted by Gasteiger charge is -2.39. The molecule has 0 saturated heterocycles. The van der Waals surface area contributed by atoms with Gasteiger partial charge in [0.1, 0.15) is 0 Å². The summed E-state index contributed by atoms with van der Waals surface area (Å²) in [7, 11) is 0. The summed E-state index contributed by atoms with van der Waals surface area (Å²) < 4.78 is 154. The van der Waals surface area contributed by atoms with E-state index in [4.69, 9.17) is 0 Å². The topological polar surface area (TPSA) is 29.1 Å². The van der Waals surface area contributed by atoms with E-state index in [1.165, 1.54) is 6.92 Å². The molecule has 0 aromatic carbocycles. The summed E-state index contributed by atoms with van der Waals surface area (Å²) >= 11 is 0. The van der Waals surface area contributed by atoms with Crippen LogP contribution < -0.4 is 5.32 Å². The van der Waals surface area contributed by atoms with E-state index in [9.17, 15) is 57.5 Å². The van der Waals surface area contributed by atoms with E-state index in [0.717, 1.165) is 12.2 Å². The molecule has 1 N–H and O–H groups in total. The highest BCUT2D eigenvalue weighted by Crippen LogP contribution is 2.57. The Bertz CT molecular complexity index is 504. The van der Waals surface area contributed by atoms with Gasteiger partial charge in [0.15, 0.2) is 0 Å². The summed E-state index contributed by atoms with van der Waals surface area (Å²) in [5.74, 6) is -37.9. The summed E-state index contributed by atoms with van der Waals surface area (Å²) in [5, 5.41) is 1.08. The molecule has 0 aliphatic rings. The van der Waals surface area contributed by atoms with E-state index in [2.05, 4.69) is 0 Å². The van der Waals surface area contributed by atoms with Gasteiger partial charge in [0.05, 0.1) is 6.54 Å². The zero-order valence-corrected chi connectivity index (χ0v) is 13.0. The molecular formula is C12H13F12NO. The van der Waals surface area contributed by atoms with Crippen molar-refractivity contribution in [3.63, 3.8) is 0 Å². The molecule has 0 aliphatic carbocycles. The molecule has 1 amide bonds. The van der Waals surface area contributed by atoms with Gasteiger partial charge in [-0.15, -0.1) is 0 Å². The van der Waals surface area contributed by atoms with Crippen LogP contribution in [0.5, 0.6) is 0 Å². The number of nitrogens with one attached hydrogen (secondary N) is 1. The van der Waals surface area contributed by atoms with Crippen LogP contribution in [-0.2, 0) is 4.79 Å². The first-order chi connectivity index (χ1) is 11.3. The van der Waals surface area contributed by atoms with Crippen LogP contribution in [-0.4, -0.2) is 48.5 Å². The van der Waals surface area contributed by atoms with Gasteiger partial charge in [0.2, 0.25) is 5.91 Å². The molecular weight excluding hydrogens is 402 g/mol. The summed E-state index contributed by atoms with van der Waals surface area (Å²) in [5.41, 5.74) is 0. The Kier molecular flexibility index (Phi) is 6.94. The van der Waals surface area contributed by atoms with Crippen molar-refractivity contribution < 1.29 is 57.5 Å². The van der Waals surface area contributed by atoms with E-state index in [-0.39, 0.29) is 6.42 Å². The van der Waals surface area contributed by atoms with E-state index in [0.29, 0.717) is 0 Å². The number of rotatable bonds is 9. The van der Waals surface area contributed by atoms with Crippen molar-refractivity contribution in [1.29, 1.82) is 0 Å². The minimum Gasteiger partial charge on any atom is -0.350 e. The van der Waals surface area contributed by atoms with Crippen molar-refractivity contribution in [2.24, 2.45) is 5.92 Å². The van der Waals surface area contributed by atoms with Crippen molar-refractivity contribution in [3.8, 4) is 0 Å². The molecule has 0 aromatic heterocycles. The minimum absolute atomic E-state index is 0.00262. The van der Waals surface area contributed by atoms with Crippen LogP contribution >= 0.6 is 0 Å². The predicted molar refractivity (Wildman–Crippen MR) is 63.2 cm³/mol. The van der Waals surface area contributed by atoms with Gasteiger partial charge >= 0.3 is 36.0 Å². The number of halogens is 12. The van der Waals surface area contributed by atoms with Crippen molar-refractivity contribution >= 4 is 5.91 Å². The zero-order valence-electron chi connectivity index (χ0n) is 13.0. The number of carbonyl (C=O) groups excluding carboxylic acids is 1. The maximum atomic E-state index is 13.3. The maximum Gasteiger partial charge on any atom is 0.384 e. The van der Waals surface area contributed by atoms with Crippen LogP contribution in [0.15, 0.2) is 0 Å². The third-order valence-electron chi connectivity index (χ3n) is 3.49. The lowest BCUT2D eigenvalue weighted by atomic mass is 9.94. The first kappa shape index (κ1) is 24.6. The molecule has 0 spiro atoms. The average Bonchev–Trinajstić information content (AvgIpc) is 2.50. The Labute approximate surface area is 138 Å². The fraction of sp³-hybridized carbons (Fsp3) is 0.917. The van der Waals surface area contributed by atoms with Gasteiger partial charge in [-0.25, -0.2) is 8.78 Å². The number of alkyl halides is 12. The Hall–Kier alpha value is -1.37. The smallest absolute Gasteiger partial charge is 0.350 e. The maximum absolute atomic E-state index is 13.3. The van der Waals surface area contributed by atoms with E-state index < -0.39 is 54.4 Å². The fourth-order valence-corrected chi connectivity index (χ4v) is 1.44. The van der Waals surface area contributed by atoms with Gasteiger partial charge in [-0.2, -0.15) is 43.9 Å². The number of amides is 1. The molecule has 0 saturated carbocycles. The van der Waals surface area contributed by atoms with Crippen LogP contribution in [0, 0.1) is 5.92 Å². The normalized spacial score (nSPS) is 16.0. The van der Waals surface area contributed by atoms with Gasteiger partial charge in [-0.3, -0.25) is 4.79 Å². The van der Waals surface area contributed by atoms with Crippen LogP contribution in [0.2, 0.25) is 0 Å². The van der Waals surface area contributed by atoms with Gasteiger partial charge in [-0.05, 0) is 6.42 Å². The van der Waals surface area contributed by atoms with E-state index in [1.54, 1.807) is 0 Å². The summed E-state index contributed by atoms with van der Waals surface area (Å²) in [4.78, 5) is 11.2. The first-order valence-electron chi connectivity index (χ1n) is 6.76. The summed E-state index contributed by atoms with van der Waals surface area (Å²) in [6.07, 6.45) is -5.54. The second-order valence-electron chi connectivity index (χ2n) is 5.38. The van der Waals surface area contributed by atoms with Gasteiger partial charge < -0.3 is 5.32 Å². The fourth-order valence-electron chi connectivity index (χ4n) is 1.44. The lowest BCUT2D eigenvalue weighted by Crippen LogP contribution is -2.70. The van der Waals surface area contributed by atoms with Crippen LogP contribution in [0.1, 0.15) is 20.3 Å². The van der Waals surface area contributed by atoms with Gasteiger partial charge in [0.25, 0.3) is 0 Å². The van der Waals surface area contributed by atoms with Crippen molar-refractivity contribution in [2.75, 3.05) is 6.54 Å². The van der Waals surface area contributed by atoms with Crippen LogP contribution in [0.4, 0.5) is 52.7 Å². The molecule has 0 aromatic rings. The third-order valence-corrected chi connectivity index (χ3v) is 3.49. The standard InChI is InChI=1S/C12H13F12NO/c1-3-5(2)6(26)25-4-8(15,16)10(19,20)12(23,24)11(21,22)9(17,18)7(13)14/h5,7H,3-4H2,1-2H3,(H,25,26). The molecule has 0 bridgehead atoms.